The molecule has 1 aliphatic rings. The number of halogens is 1. The highest BCUT2D eigenvalue weighted by Gasteiger charge is 2.31. The molecule has 1 aliphatic carbocycles. The Morgan fingerprint density at radius 3 is 2.24 bits per heavy atom. The predicted octanol–water partition coefficient (Wildman–Crippen LogP) is 2.70. The minimum absolute atomic E-state index is 0.0611. The maximum Gasteiger partial charge on any atom is 0.213 e. The Bertz CT molecular complexity index is 342. The van der Waals surface area contributed by atoms with Gasteiger partial charge >= 0.3 is 0 Å². The van der Waals surface area contributed by atoms with E-state index in [0.717, 1.165) is 12.8 Å². The van der Waals surface area contributed by atoms with Crippen molar-refractivity contribution in [3.8, 4) is 0 Å². The zero-order valence-corrected chi connectivity index (χ0v) is 12.8. The molecule has 17 heavy (non-hydrogen) atoms. The third-order valence-electron chi connectivity index (χ3n) is 3.28. The van der Waals surface area contributed by atoms with Crippen LogP contribution in [-0.4, -0.2) is 37.4 Å². The number of nitrogens with zero attached hydrogens (tertiary/aromatic N) is 1. The highest BCUT2D eigenvalue weighted by Crippen LogP contribution is 2.32. The SMILES string of the molecule is CN(CC1CC(Cl)C1)S(=O)(=O)CCC(C)(C)C. The first-order valence-electron chi connectivity index (χ1n) is 6.18. The third-order valence-corrected chi connectivity index (χ3v) is 5.45. The van der Waals surface area contributed by atoms with Crippen LogP contribution in [0.3, 0.4) is 0 Å². The number of rotatable bonds is 5. The number of alkyl halides is 1. The minimum Gasteiger partial charge on any atom is -0.212 e. The Kier molecular flexibility index (Phi) is 4.89. The monoisotopic (exact) mass is 281 g/mol. The van der Waals surface area contributed by atoms with Crippen LogP contribution >= 0.6 is 11.6 Å². The van der Waals surface area contributed by atoms with E-state index in [4.69, 9.17) is 11.6 Å². The molecule has 0 heterocycles. The maximum atomic E-state index is 12.0. The largest absolute Gasteiger partial charge is 0.213 e. The van der Waals surface area contributed by atoms with Crippen LogP contribution in [0.5, 0.6) is 0 Å². The highest BCUT2D eigenvalue weighted by atomic mass is 35.5. The van der Waals surface area contributed by atoms with Crippen LogP contribution in [0.25, 0.3) is 0 Å². The van der Waals surface area contributed by atoms with Gasteiger partial charge in [-0.25, -0.2) is 12.7 Å². The second kappa shape index (κ2) is 5.45. The molecule has 0 saturated heterocycles. The Hall–Kier alpha value is 0.200. The van der Waals surface area contributed by atoms with Crippen LogP contribution < -0.4 is 0 Å². The highest BCUT2D eigenvalue weighted by molar-refractivity contribution is 7.89. The van der Waals surface area contributed by atoms with Gasteiger partial charge in [-0.1, -0.05) is 20.8 Å². The van der Waals surface area contributed by atoms with E-state index in [9.17, 15) is 8.42 Å². The van der Waals surface area contributed by atoms with E-state index in [1.165, 1.54) is 4.31 Å². The molecule has 0 N–H and O–H groups in total. The van der Waals surface area contributed by atoms with Crippen LogP contribution in [0.15, 0.2) is 0 Å². The van der Waals surface area contributed by atoms with Crippen molar-refractivity contribution in [2.24, 2.45) is 11.3 Å². The van der Waals surface area contributed by atoms with Crippen LogP contribution in [0.1, 0.15) is 40.0 Å². The molecule has 1 fully saturated rings. The summed E-state index contributed by atoms with van der Waals surface area (Å²) in [6.07, 6.45) is 2.59. The van der Waals surface area contributed by atoms with Crippen LogP contribution in [0, 0.1) is 11.3 Å². The quantitative estimate of drug-likeness (QED) is 0.727. The molecule has 0 bridgehead atoms. The van der Waals surface area contributed by atoms with Gasteiger partial charge < -0.3 is 0 Å². The standard InChI is InChI=1S/C12H24ClNO2S/c1-12(2,3)5-6-17(15,16)14(4)9-10-7-11(13)8-10/h10-11H,5-9H2,1-4H3. The summed E-state index contributed by atoms with van der Waals surface area (Å²) in [5.41, 5.74) is 0.0611. The lowest BCUT2D eigenvalue weighted by molar-refractivity contribution is 0.267. The molecular weight excluding hydrogens is 258 g/mol. The van der Waals surface area contributed by atoms with Gasteiger partial charge in [0.15, 0.2) is 0 Å². The summed E-state index contributed by atoms with van der Waals surface area (Å²) in [7, 11) is -1.41. The Balaban J connectivity index is 2.41. The van der Waals surface area contributed by atoms with Crippen molar-refractivity contribution < 1.29 is 8.42 Å². The first-order chi connectivity index (χ1) is 7.60. The van der Waals surface area contributed by atoms with Crippen LogP contribution in [0.2, 0.25) is 0 Å². The average molecular weight is 282 g/mol. The molecule has 0 amide bonds. The van der Waals surface area contributed by atoms with E-state index in [1.807, 2.05) is 0 Å². The van der Waals surface area contributed by atoms with Crippen molar-refractivity contribution >= 4 is 21.6 Å². The van der Waals surface area contributed by atoms with E-state index in [1.54, 1.807) is 7.05 Å². The lowest BCUT2D eigenvalue weighted by Crippen LogP contribution is -2.39. The van der Waals surface area contributed by atoms with Gasteiger partial charge in [0.05, 0.1) is 5.75 Å². The van der Waals surface area contributed by atoms with Gasteiger partial charge in [0, 0.05) is 19.0 Å². The molecule has 0 aliphatic heterocycles. The second-order valence-electron chi connectivity index (χ2n) is 6.34. The number of hydrogen-bond donors (Lipinski definition) is 0. The molecular formula is C12H24ClNO2S. The molecule has 1 rings (SSSR count). The van der Waals surface area contributed by atoms with E-state index >= 15 is 0 Å². The van der Waals surface area contributed by atoms with Gasteiger partial charge in [-0.3, -0.25) is 0 Å². The average Bonchev–Trinajstić information content (AvgIpc) is 2.11. The van der Waals surface area contributed by atoms with Crippen molar-refractivity contribution in [1.29, 1.82) is 0 Å². The zero-order chi connectivity index (χ0) is 13.3. The molecule has 0 radical (unpaired) electrons. The second-order valence-corrected chi connectivity index (χ2v) is 9.15. The molecule has 0 unspecified atom stereocenters. The fourth-order valence-electron chi connectivity index (χ4n) is 1.87. The Morgan fingerprint density at radius 1 is 1.29 bits per heavy atom. The molecule has 0 aromatic carbocycles. The van der Waals surface area contributed by atoms with Gasteiger partial charge in [-0.15, -0.1) is 11.6 Å². The van der Waals surface area contributed by atoms with E-state index in [2.05, 4.69) is 20.8 Å². The van der Waals surface area contributed by atoms with Gasteiger partial charge in [-0.2, -0.15) is 0 Å². The Labute approximate surface area is 111 Å². The zero-order valence-electron chi connectivity index (χ0n) is 11.2. The van der Waals surface area contributed by atoms with Crippen molar-refractivity contribution in [3.05, 3.63) is 0 Å². The molecule has 0 spiro atoms. The first kappa shape index (κ1) is 15.3. The summed E-state index contributed by atoms with van der Waals surface area (Å²) >= 11 is 5.89. The smallest absolute Gasteiger partial charge is 0.212 e. The van der Waals surface area contributed by atoms with Crippen molar-refractivity contribution in [1.82, 2.24) is 4.31 Å². The molecule has 102 valence electrons. The molecule has 0 aromatic rings. The summed E-state index contributed by atoms with van der Waals surface area (Å²) in [5, 5.41) is 0.255. The lowest BCUT2D eigenvalue weighted by atomic mass is 9.85. The summed E-state index contributed by atoms with van der Waals surface area (Å²) in [4.78, 5) is 0. The van der Waals surface area contributed by atoms with Gasteiger partial charge in [0.2, 0.25) is 10.0 Å². The molecule has 0 atom stereocenters. The van der Waals surface area contributed by atoms with Crippen molar-refractivity contribution in [3.63, 3.8) is 0 Å². The molecule has 3 nitrogen and oxygen atoms in total. The lowest BCUT2D eigenvalue weighted by Gasteiger charge is -2.34. The molecule has 0 aromatic heterocycles. The normalized spacial score (nSPS) is 26.0. The summed E-state index contributed by atoms with van der Waals surface area (Å²) in [6.45, 7) is 6.81. The minimum atomic E-state index is -3.09. The molecule has 1 saturated carbocycles. The van der Waals surface area contributed by atoms with Crippen LogP contribution in [-0.2, 0) is 10.0 Å². The van der Waals surface area contributed by atoms with E-state index in [0.29, 0.717) is 18.9 Å². The Morgan fingerprint density at radius 2 is 1.82 bits per heavy atom. The van der Waals surface area contributed by atoms with Gasteiger partial charge in [0.25, 0.3) is 0 Å². The van der Waals surface area contributed by atoms with Crippen molar-refractivity contribution in [2.75, 3.05) is 19.3 Å². The van der Waals surface area contributed by atoms with Gasteiger partial charge in [-0.05, 0) is 30.6 Å². The summed E-state index contributed by atoms with van der Waals surface area (Å²) < 4.78 is 25.6. The van der Waals surface area contributed by atoms with Gasteiger partial charge in [0.1, 0.15) is 0 Å². The predicted molar refractivity (Wildman–Crippen MR) is 72.9 cm³/mol. The van der Waals surface area contributed by atoms with E-state index < -0.39 is 10.0 Å². The molecule has 5 heteroatoms. The van der Waals surface area contributed by atoms with Crippen LogP contribution in [0.4, 0.5) is 0 Å². The van der Waals surface area contributed by atoms with Crippen molar-refractivity contribution in [2.45, 2.75) is 45.4 Å². The first-order valence-corrected chi connectivity index (χ1v) is 8.23. The van der Waals surface area contributed by atoms with E-state index in [-0.39, 0.29) is 16.5 Å². The maximum absolute atomic E-state index is 12.0. The summed E-state index contributed by atoms with van der Waals surface area (Å²) in [6, 6.07) is 0. The summed E-state index contributed by atoms with van der Waals surface area (Å²) in [5.74, 6) is 0.691. The topological polar surface area (TPSA) is 37.4 Å². The third kappa shape index (κ3) is 5.14. The number of sulfonamides is 1. The number of hydrogen-bond acceptors (Lipinski definition) is 2. The fourth-order valence-corrected chi connectivity index (χ4v) is 4.00. The fraction of sp³-hybridized carbons (Fsp3) is 1.00.